The van der Waals surface area contributed by atoms with Gasteiger partial charge in [0.25, 0.3) is 17.6 Å². The highest BCUT2D eigenvalue weighted by Crippen LogP contribution is 2.21. The summed E-state index contributed by atoms with van der Waals surface area (Å²) in [7, 11) is 8.43. The van der Waals surface area contributed by atoms with Gasteiger partial charge in [0.1, 0.15) is 5.75 Å². The molecule has 0 aliphatic heterocycles. The Balaban J connectivity index is 2.66. The van der Waals surface area contributed by atoms with E-state index in [1.54, 1.807) is 35.3 Å². The Bertz CT molecular complexity index is 795. The third-order valence-corrected chi connectivity index (χ3v) is 4.15. The van der Waals surface area contributed by atoms with Crippen molar-refractivity contribution in [1.82, 2.24) is 14.4 Å². The fraction of sp³-hybridized carbons (Fsp3) is 0.471. The van der Waals surface area contributed by atoms with Gasteiger partial charge >= 0.3 is 0 Å². The zero-order chi connectivity index (χ0) is 18.7. The van der Waals surface area contributed by atoms with Gasteiger partial charge in [0.15, 0.2) is 24.1 Å². The Labute approximate surface area is 147 Å². The van der Waals surface area contributed by atoms with Crippen LogP contribution in [-0.4, -0.2) is 61.5 Å². The second-order valence-corrected chi connectivity index (χ2v) is 6.22. The van der Waals surface area contributed by atoms with Crippen molar-refractivity contribution in [2.24, 2.45) is 5.73 Å². The first-order chi connectivity index (χ1) is 11.8. The van der Waals surface area contributed by atoms with Gasteiger partial charge in [-0.25, -0.2) is 9.13 Å². The molecule has 8 nitrogen and oxygen atoms in total. The maximum absolute atomic E-state index is 12.3. The van der Waals surface area contributed by atoms with Crippen LogP contribution in [0.3, 0.4) is 0 Å². The molecule has 0 atom stereocenters. The van der Waals surface area contributed by atoms with E-state index in [1.807, 2.05) is 27.3 Å². The number of nitrogens with two attached hydrogens (primary N) is 1. The van der Waals surface area contributed by atoms with E-state index in [0.29, 0.717) is 11.6 Å². The molecule has 0 unspecified atom stereocenters. The Kier molecular flexibility index (Phi) is 5.63. The molecule has 0 saturated carbocycles. The van der Waals surface area contributed by atoms with E-state index in [1.165, 1.54) is 9.80 Å². The first-order valence-corrected chi connectivity index (χ1v) is 7.99. The summed E-state index contributed by atoms with van der Waals surface area (Å²) in [6.45, 7) is 0.510. The number of likely N-dealkylation sites (N-methyl/N-ethyl adjacent to an activating group) is 2. The standard InChI is InChI=1S/C17H26N5O3/c1-19(2)16(23)10-21-13-7-6-12(25-5)8-14(13)22(15(21)9-18)11-17(24)20(3)4/h6-8H,9-11,18H2,1-5H3/q+1. The topological polar surface area (TPSA) is 84.7 Å². The third-order valence-electron chi connectivity index (χ3n) is 4.15. The van der Waals surface area contributed by atoms with Crippen molar-refractivity contribution < 1.29 is 18.9 Å². The van der Waals surface area contributed by atoms with E-state index in [0.717, 1.165) is 11.0 Å². The molecule has 2 amide bonds. The van der Waals surface area contributed by atoms with Gasteiger partial charge in [0.2, 0.25) is 0 Å². The number of imidazole rings is 1. The van der Waals surface area contributed by atoms with Crippen LogP contribution in [0.15, 0.2) is 18.2 Å². The monoisotopic (exact) mass is 348 g/mol. The number of ether oxygens (including phenoxy) is 1. The number of carbonyl (C=O) groups is 2. The van der Waals surface area contributed by atoms with Gasteiger partial charge in [-0.2, -0.15) is 0 Å². The van der Waals surface area contributed by atoms with Gasteiger partial charge in [-0.3, -0.25) is 9.59 Å². The summed E-state index contributed by atoms with van der Waals surface area (Å²) in [5.41, 5.74) is 7.61. The molecule has 1 aromatic heterocycles. The van der Waals surface area contributed by atoms with Gasteiger partial charge < -0.3 is 20.3 Å². The maximum atomic E-state index is 12.3. The normalized spacial score (nSPS) is 10.8. The summed E-state index contributed by atoms with van der Waals surface area (Å²) in [6, 6.07) is 5.57. The second-order valence-electron chi connectivity index (χ2n) is 6.22. The molecular formula is C17H26N5O3+. The summed E-state index contributed by atoms with van der Waals surface area (Å²) in [4.78, 5) is 27.6. The van der Waals surface area contributed by atoms with Crippen LogP contribution in [0.4, 0.5) is 0 Å². The number of carbonyl (C=O) groups excluding carboxylic acids is 2. The largest absolute Gasteiger partial charge is 0.497 e. The molecule has 0 aliphatic rings. The molecule has 0 spiro atoms. The minimum atomic E-state index is -0.0551. The molecule has 1 aromatic carbocycles. The van der Waals surface area contributed by atoms with Crippen LogP contribution >= 0.6 is 0 Å². The van der Waals surface area contributed by atoms with Crippen LogP contribution in [0.5, 0.6) is 5.75 Å². The van der Waals surface area contributed by atoms with Crippen molar-refractivity contribution >= 4 is 22.8 Å². The molecule has 25 heavy (non-hydrogen) atoms. The SMILES string of the molecule is COc1ccc2c(c1)n(CC(=O)N(C)C)c(CN)[n+]2CC(=O)N(C)C. The number of aromatic nitrogens is 2. The first-order valence-electron chi connectivity index (χ1n) is 7.99. The summed E-state index contributed by atoms with van der Waals surface area (Å²) < 4.78 is 9.02. The highest BCUT2D eigenvalue weighted by atomic mass is 16.5. The molecule has 0 saturated heterocycles. The molecule has 0 radical (unpaired) electrons. The fourth-order valence-electron chi connectivity index (χ4n) is 2.63. The fourth-order valence-corrected chi connectivity index (χ4v) is 2.63. The lowest BCUT2D eigenvalue weighted by Gasteiger charge is -2.10. The highest BCUT2D eigenvalue weighted by Gasteiger charge is 2.28. The van der Waals surface area contributed by atoms with Crippen molar-refractivity contribution in [1.29, 1.82) is 0 Å². The lowest BCUT2D eigenvalue weighted by atomic mass is 10.3. The van der Waals surface area contributed by atoms with Gasteiger partial charge in [0, 0.05) is 34.3 Å². The Hall–Kier alpha value is -2.61. The summed E-state index contributed by atoms with van der Waals surface area (Å²) in [6.07, 6.45) is 0. The molecule has 0 bridgehead atoms. The minimum Gasteiger partial charge on any atom is -0.497 e. The average molecular weight is 348 g/mol. The third kappa shape index (κ3) is 3.74. The van der Waals surface area contributed by atoms with Crippen molar-refractivity contribution in [3.05, 3.63) is 24.0 Å². The Morgan fingerprint density at radius 1 is 1.16 bits per heavy atom. The summed E-state index contributed by atoms with van der Waals surface area (Å²) in [5.74, 6) is 1.29. The molecule has 0 aliphatic carbocycles. The molecule has 1 heterocycles. The lowest BCUT2D eigenvalue weighted by molar-refractivity contribution is -0.667. The van der Waals surface area contributed by atoms with Crippen LogP contribution < -0.4 is 15.0 Å². The minimum absolute atomic E-state index is 0.0477. The Morgan fingerprint density at radius 3 is 2.32 bits per heavy atom. The van der Waals surface area contributed by atoms with Crippen LogP contribution in [0.25, 0.3) is 11.0 Å². The van der Waals surface area contributed by atoms with Crippen molar-refractivity contribution in [3.8, 4) is 5.75 Å². The molecular weight excluding hydrogens is 322 g/mol. The predicted molar refractivity (Wildman–Crippen MR) is 94.0 cm³/mol. The van der Waals surface area contributed by atoms with Gasteiger partial charge in [0.05, 0.1) is 13.7 Å². The van der Waals surface area contributed by atoms with Crippen molar-refractivity contribution in [2.75, 3.05) is 35.3 Å². The van der Waals surface area contributed by atoms with E-state index in [2.05, 4.69) is 0 Å². The van der Waals surface area contributed by atoms with Crippen LogP contribution in [0, 0.1) is 0 Å². The number of rotatable bonds is 6. The number of methoxy groups -OCH3 is 1. The van der Waals surface area contributed by atoms with Crippen molar-refractivity contribution in [2.45, 2.75) is 19.6 Å². The first kappa shape index (κ1) is 18.7. The molecule has 2 aromatic rings. The quantitative estimate of drug-likeness (QED) is 0.718. The molecule has 8 heteroatoms. The molecule has 2 rings (SSSR count). The smallest absolute Gasteiger partial charge is 0.272 e. The molecule has 0 fully saturated rings. The Morgan fingerprint density at radius 2 is 1.80 bits per heavy atom. The van der Waals surface area contributed by atoms with Gasteiger partial charge in [-0.15, -0.1) is 0 Å². The van der Waals surface area contributed by atoms with E-state index in [-0.39, 0.29) is 31.4 Å². The number of nitrogens with zero attached hydrogens (tertiary/aromatic N) is 4. The molecule has 2 N–H and O–H groups in total. The zero-order valence-corrected chi connectivity index (χ0v) is 15.4. The molecule has 136 valence electrons. The van der Waals surface area contributed by atoms with Gasteiger partial charge in [-0.1, -0.05) is 0 Å². The van der Waals surface area contributed by atoms with E-state index >= 15 is 0 Å². The zero-order valence-electron chi connectivity index (χ0n) is 15.4. The number of amides is 2. The number of hydrogen-bond acceptors (Lipinski definition) is 4. The van der Waals surface area contributed by atoms with E-state index in [4.69, 9.17) is 10.5 Å². The van der Waals surface area contributed by atoms with E-state index in [9.17, 15) is 9.59 Å². The number of benzene rings is 1. The van der Waals surface area contributed by atoms with Crippen molar-refractivity contribution in [3.63, 3.8) is 0 Å². The average Bonchev–Trinajstić information content (AvgIpc) is 2.86. The second kappa shape index (κ2) is 7.52. The van der Waals surface area contributed by atoms with Crippen LogP contribution in [0.2, 0.25) is 0 Å². The van der Waals surface area contributed by atoms with Crippen LogP contribution in [-0.2, 0) is 29.2 Å². The van der Waals surface area contributed by atoms with Gasteiger partial charge in [-0.05, 0) is 12.1 Å². The van der Waals surface area contributed by atoms with E-state index < -0.39 is 0 Å². The predicted octanol–water partition coefficient (Wildman–Crippen LogP) is -0.427. The number of fused-ring (bicyclic) bond motifs is 1. The lowest BCUT2D eigenvalue weighted by Crippen LogP contribution is -2.46. The summed E-state index contributed by atoms with van der Waals surface area (Å²) in [5, 5.41) is 0. The highest BCUT2D eigenvalue weighted by molar-refractivity contribution is 5.81. The summed E-state index contributed by atoms with van der Waals surface area (Å²) >= 11 is 0. The van der Waals surface area contributed by atoms with Crippen LogP contribution in [0.1, 0.15) is 5.82 Å². The maximum Gasteiger partial charge on any atom is 0.272 e. The number of hydrogen-bond donors (Lipinski definition) is 1.